The van der Waals surface area contributed by atoms with Crippen molar-refractivity contribution in [2.24, 2.45) is 11.8 Å². The standard InChI is InChI=1S/C18H19NO4.C17H21NO3.CH4.ClH.Na.H2O/c1-4-9-18(11-5-6-11)16(20)15(17(21)19-18)13-8-7-12(22-2)10-14(13)23-3;1-10-15(16(19)18-17(10,2)11-5-6-11)13-8-7-12(20-3)9-14(13)21-4;;;;/h7-8,10-11,20H,5-6H2,1-3H3,(H,19,21);7-9,11H,5-6H2,1-4H3,(H,18,19);1H4;1H;;1H2/q;;;;+1;/p-2. The van der Waals surface area contributed by atoms with Gasteiger partial charge in [-0.3, -0.25) is 9.59 Å². The van der Waals surface area contributed by atoms with E-state index in [0.29, 0.717) is 28.7 Å². The zero-order valence-electron chi connectivity index (χ0n) is 28.2. The fourth-order valence-electron chi connectivity index (χ4n) is 6.28. The van der Waals surface area contributed by atoms with E-state index in [0.717, 1.165) is 35.3 Å². The first-order valence-corrected chi connectivity index (χ1v) is 14.8. The first-order valence-electron chi connectivity index (χ1n) is 14.8. The van der Waals surface area contributed by atoms with E-state index in [9.17, 15) is 14.7 Å². The third-order valence-corrected chi connectivity index (χ3v) is 9.16. The van der Waals surface area contributed by atoms with Crippen molar-refractivity contribution in [3.8, 4) is 34.8 Å². The van der Waals surface area contributed by atoms with Crippen LogP contribution in [0.5, 0.6) is 23.0 Å². The van der Waals surface area contributed by atoms with Gasteiger partial charge in [-0.2, -0.15) is 0 Å². The van der Waals surface area contributed by atoms with E-state index < -0.39 is 5.54 Å². The number of halogens is 1. The molecule has 2 aromatic carbocycles. The van der Waals surface area contributed by atoms with Crippen LogP contribution in [0, 0.1) is 23.7 Å². The number of aliphatic hydroxyl groups excluding tert-OH is 1. The van der Waals surface area contributed by atoms with E-state index >= 15 is 0 Å². The number of amides is 2. The van der Waals surface area contributed by atoms with Crippen molar-refractivity contribution in [2.45, 2.75) is 65.0 Å². The molecule has 0 spiro atoms. The van der Waals surface area contributed by atoms with Crippen molar-refractivity contribution in [1.82, 2.24) is 10.6 Å². The number of nitrogens with one attached hydrogen (secondary N) is 2. The molecule has 2 aromatic rings. The fraction of sp³-hybridized carbons (Fsp3) is 0.444. The Labute approximate surface area is 312 Å². The van der Waals surface area contributed by atoms with E-state index in [-0.39, 0.29) is 89.5 Å². The van der Waals surface area contributed by atoms with Gasteiger partial charge in [-0.15, -0.1) is 5.92 Å². The maximum Gasteiger partial charge on any atom is 1.00 e. The summed E-state index contributed by atoms with van der Waals surface area (Å²) in [5.41, 5.74) is 2.26. The number of aliphatic hydroxyl groups is 1. The second-order valence-electron chi connectivity index (χ2n) is 11.7. The molecule has 0 saturated heterocycles. The second kappa shape index (κ2) is 16.9. The predicted molar refractivity (Wildman–Crippen MR) is 176 cm³/mol. The van der Waals surface area contributed by atoms with Gasteiger partial charge in [-0.05, 0) is 82.2 Å². The third-order valence-electron chi connectivity index (χ3n) is 9.16. The van der Waals surface area contributed by atoms with Crippen LogP contribution in [0.4, 0.5) is 0 Å². The molecule has 4 N–H and O–H groups in total. The summed E-state index contributed by atoms with van der Waals surface area (Å²) >= 11 is 0. The SMILES string of the molecule is C.CC#CC1(C2CC2)NC(=O)C(c2ccc(OC)cc2OC)=C1O.COc1ccc(C2=C(C)C(C)(C3CC3)NC2=O)c(OC)c1.[Cl-].[Na+].[OH-]. The predicted octanol–water partition coefficient (Wildman–Crippen LogP) is -0.482. The molecule has 12 heteroatoms. The Morgan fingerprint density at radius 1 is 0.792 bits per heavy atom. The van der Waals surface area contributed by atoms with Crippen molar-refractivity contribution in [3.63, 3.8) is 0 Å². The molecule has 2 aliphatic carbocycles. The Kier molecular flexibility index (Phi) is 15.0. The van der Waals surface area contributed by atoms with Gasteiger partial charge >= 0.3 is 29.6 Å². The van der Waals surface area contributed by atoms with E-state index in [4.69, 9.17) is 18.9 Å². The van der Waals surface area contributed by atoms with Gasteiger partial charge in [0, 0.05) is 29.2 Å². The van der Waals surface area contributed by atoms with E-state index in [1.165, 1.54) is 20.0 Å². The van der Waals surface area contributed by atoms with E-state index in [1.807, 2.05) is 18.2 Å². The van der Waals surface area contributed by atoms with Gasteiger partial charge in [0.05, 0.1) is 45.1 Å². The van der Waals surface area contributed by atoms with Gasteiger partial charge in [0.15, 0.2) is 5.54 Å². The van der Waals surface area contributed by atoms with Gasteiger partial charge in [0.25, 0.3) is 11.8 Å². The second-order valence-corrected chi connectivity index (χ2v) is 11.7. The topological polar surface area (TPSA) is 145 Å². The monoisotopic (exact) mass is 691 g/mol. The van der Waals surface area contributed by atoms with Gasteiger partial charge < -0.3 is 52.6 Å². The molecule has 2 amide bonds. The zero-order valence-corrected chi connectivity index (χ0v) is 30.9. The molecular formula is C36H45ClN2NaO8-. The molecule has 0 radical (unpaired) electrons. The molecule has 2 saturated carbocycles. The molecule has 2 heterocycles. The van der Waals surface area contributed by atoms with Crippen molar-refractivity contribution < 1.29 is 81.1 Å². The number of carbonyl (C=O) groups is 2. The summed E-state index contributed by atoms with van der Waals surface area (Å²) in [6, 6.07) is 10.7. The number of hydrogen-bond donors (Lipinski definition) is 3. The maximum atomic E-state index is 12.5. The number of carbonyl (C=O) groups excluding carboxylic acids is 2. The molecule has 0 bridgehead atoms. The Morgan fingerprint density at radius 3 is 1.67 bits per heavy atom. The summed E-state index contributed by atoms with van der Waals surface area (Å²) in [5.74, 6) is 8.67. The van der Waals surface area contributed by atoms with Crippen LogP contribution >= 0.6 is 0 Å². The summed E-state index contributed by atoms with van der Waals surface area (Å²) in [7, 11) is 6.30. The van der Waals surface area contributed by atoms with Crippen molar-refractivity contribution in [2.75, 3.05) is 28.4 Å². The quantitative estimate of drug-likeness (QED) is 0.249. The summed E-state index contributed by atoms with van der Waals surface area (Å²) in [6.45, 7) is 5.88. The summed E-state index contributed by atoms with van der Waals surface area (Å²) in [6.07, 6.45) is 4.24. The molecule has 48 heavy (non-hydrogen) atoms. The van der Waals surface area contributed by atoms with Crippen LogP contribution in [0.3, 0.4) is 0 Å². The van der Waals surface area contributed by atoms with Gasteiger partial charge in [-0.1, -0.05) is 13.3 Å². The summed E-state index contributed by atoms with van der Waals surface area (Å²) < 4.78 is 21.2. The fourth-order valence-corrected chi connectivity index (χ4v) is 6.28. The minimum absolute atomic E-state index is 0. The van der Waals surface area contributed by atoms with Crippen molar-refractivity contribution in [3.05, 3.63) is 58.9 Å². The first-order chi connectivity index (χ1) is 21.1. The number of hydrogen-bond acceptors (Lipinski definition) is 8. The molecule has 256 valence electrons. The van der Waals surface area contributed by atoms with Gasteiger partial charge in [0.2, 0.25) is 0 Å². The van der Waals surface area contributed by atoms with Crippen LogP contribution in [0.1, 0.15) is 65.0 Å². The maximum absolute atomic E-state index is 12.5. The molecular weight excluding hydrogens is 647 g/mol. The number of rotatable bonds is 8. The normalized spacial score (nSPS) is 22.1. The molecule has 0 aromatic heterocycles. The summed E-state index contributed by atoms with van der Waals surface area (Å²) in [5, 5.41) is 16.9. The molecule has 4 aliphatic rings. The average Bonchev–Trinajstić information content (AvgIpc) is 3.95. The zero-order chi connectivity index (χ0) is 31.8. The molecule has 2 aliphatic heterocycles. The van der Waals surface area contributed by atoms with Crippen LogP contribution in [0.25, 0.3) is 11.1 Å². The Hall–Kier alpha value is -3.33. The number of benzene rings is 2. The minimum atomic E-state index is -0.966. The van der Waals surface area contributed by atoms with Gasteiger partial charge in [0.1, 0.15) is 28.8 Å². The van der Waals surface area contributed by atoms with E-state index in [2.05, 4.69) is 36.3 Å². The minimum Gasteiger partial charge on any atom is -1.00 e. The Balaban J connectivity index is 0.000000444. The van der Waals surface area contributed by atoms with Crippen LogP contribution < -0.4 is 71.5 Å². The van der Waals surface area contributed by atoms with E-state index in [1.54, 1.807) is 46.5 Å². The van der Waals surface area contributed by atoms with Crippen LogP contribution in [0.15, 0.2) is 47.7 Å². The van der Waals surface area contributed by atoms with Crippen LogP contribution in [-0.4, -0.2) is 61.9 Å². The molecule has 6 rings (SSSR count). The Morgan fingerprint density at radius 2 is 1.25 bits per heavy atom. The van der Waals surface area contributed by atoms with Crippen molar-refractivity contribution in [1.29, 1.82) is 0 Å². The number of methoxy groups -OCH3 is 4. The summed E-state index contributed by atoms with van der Waals surface area (Å²) in [4.78, 5) is 25.0. The number of ether oxygens (including phenoxy) is 4. The Bertz CT molecular complexity index is 1640. The largest absolute Gasteiger partial charge is 1.00 e. The van der Waals surface area contributed by atoms with Crippen LogP contribution in [-0.2, 0) is 9.59 Å². The van der Waals surface area contributed by atoms with Crippen molar-refractivity contribution >= 4 is 23.0 Å². The first kappa shape index (κ1) is 42.7. The van der Waals surface area contributed by atoms with Gasteiger partial charge in [-0.25, -0.2) is 0 Å². The molecule has 2 fully saturated rings. The van der Waals surface area contributed by atoms with Crippen LogP contribution in [0.2, 0.25) is 0 Å². The smallest absolute Gasteiger partial charge is 1.00 e. The third kappa shape index (κ3) is 7.61. The molecule has 10 nitrogen and oxygen atoms in total. The molecule has 2 unspecified atom stereocenters. The molecule has 2 atom stereocenters. The average molecular weight is 692 g/mol.